The fourth-order valence-electron chi connectivity index (χ4n) is 1.69. The van der Waals surface area contributed by atoms with Gasteiger partial charge in [0, 0.05) is 25.8 Å². The Labute approximate surface area is 108 Å². The number of rotatable bonds is 8. The first kappa shape index (κ1) is 14.7. The van der Waals surface area contributed by atoms with Crippen molar-refractivity contribution < 1.29 is 9.84 Å². The van der Waals surface area contributed by atoms with Crippen LogP contribution < -0.4 is 10.6 Å². The molecule has 0 saturated carbocycles. The molecule has 0 fully saturated rings. The average molecular weight is 254 g/mol. The van der Waals surface area contributed by atoms with Crippen LogP contribution in [0.15, 0.2) is 6.33 Å². The van der Waals surface area contributed by atoms with E-state index in [2.05, 4.69) is 27.5 Å². The number of methoxy groups -OCH3 is 1. The van der Waals surface area contributed by atoms with Crippen LogP contribution in [0.25, 0.3) is 0 Å². The zero-order chi connectivity index (χ0) is 13.4. The molecular weight excluding hydrogens is 232 g/mol. The maximum absolute atomic E-state index is 9.60. The number of aliphatic hydroxyl groups is 1. The van der Waals surface area contributed by atoms with Crippen molar-refractivity contribution in [1.82, 2.24) is 9.97 Å². The van der Waals surface area contributed by atoms with Gasteiger partial charge >= 0.3 is 0 Å². The highest BCUT2D eigenvalue weighted by molar-refractivity contribution is 5.57. The van der Waals surface area contributed by atoms with Crippen LogP contribution in [-0.4, -0.2) is 48.0 Å². The van der Waals surface area contributed by atoms with Crippen molar-refractivity contribution in [3.63, 3.8) is 0 Å². The van der Waals surface area contributed by atoms with E-state index in [4.69, 9.17) is 4.74 Å². The third-order valence-corrected chi connectivity index (χ3v) is 2.51. The minimum Gasteiger partial charge on any atom is -0.389 e. The Morgan fingerprint density at radius 3 is 2.50 bits per heavy atom. The lowest BCUT2D eigenvalue weighted by molar-refractivity contribution is 0.0727. The van der Waals surface area contributed by atoms with Crippen LogP contribution in [0, 0.1) is 0 Å². The standard InChI is InChI=1S/C12H22N4O2/c1-4-10-11(13-5-2)15-8-16-12(10)14-6-9(17)7-18-3/h8-9,17H,4-7H2,1-3H3,(H2,13,14,15,16). The first-order chi connectivity index (χ1) is 8.72. The van der Waals surface area contributed by atoms with E-state index in [1.807, 2.05) is 6.92 Å². The molecule has 0 aliphatic carbocycles. The molecule has 0 saturated heterocycles. The second kappa shape index (κ2) is 7.84. The first-order valence-corrected chi connectivity index (χ1v) is 6.21. The van der Waals surface area contributed by atoms with Gasteiger partial charge < -0.3 is 20.5 Å². The van der Waals surface area contributed by atoms with Gasteiger partial charge in [-0.15, -0.1) is 0 Å². The number of nitrogens with zero attached hydrogens (tertiary/aromatic N) is 2. The third-order valence-electron chi connectivity index (χ3n) is 2.51. The Morgan fingerprint density at radius 1 is 1.28 bits per heavy atom. The van der Waals surface area contributed by atoms with Crippen molar-refractivity contribution in [2.75, 3.05) is 37.4 Å². The molecular formula is C12H22N4O2. The Balaban J connectivity index is 2.72. The summed E-state index contributed by atoms with van der Waals surface area (Å²) >= 11 is 0. The van der Waals surface area contributed by atoms with Gasteiger partial charge in [0.1, 0.15) is 18.0 Å². The molecule has 0 radical (unpaired) electrons. The fourth-order valence-corrected chi connectivity index (χ4v) is 1.69. The highest BCUT2D eigenvalue weighted by Crippen LogP contribution is 2.20. The summed E-state index contributed by atoms with van der Waals surface area (Å²) in [5, 5.41) is 15.9. The number of hydrogen-bond donors (Lipinski definition) is 3. The van der Waals surface area contributed by atoms with Crippen LogP contribution in [-0.2, 0) is 11.2 Å². The van der Waals surface area contributed by atoms with Gasteiger partial charge in [-0.1, -0.05) is 6.92 Å². The van der Waals surface area contributed by atoms with E-state index in [0.717, 1.165) is 30.2 Å². The highest BCUT2D eigenvalue weighted by atomic mass is 16.5. The minimum absolute atomic E-state index is 0.305. The molecule has 1 unspecified atom stereocenters. The monoisotopic (exact) mass is 254 g/mol. The molecule has 3 N–H and O–H groups in total. The lowest BCUT2D eigenvalue weighted by Gasteiger charge is -2.15. The zero-order valence-electron chi connectivity index (χ0n) is 11.2. The van der Waals surface area contributed by atoms with Crippen LogP contribution in [0.4, 0.5) is 11.6 Å². The fraction of sp³-hybridized carbons (Fsp3) is 0.667. The zero-order valence-corrected chi connectivity index (χ0v) is 11.2. The Morgan fingerprint density at radius 2 is 1.94 bits per heavy atom. The quantitative estimate of drug-likeness (QED) is 0.639. The van der Waals surface area contributed by atoms with E-state index in [1.165, 1.54) is 6.33 Å². The molecule has 0 bridgehead atoms. The molecule has 1 rings (SSSR count). The van der Waals surface area contributed by atoms with Gasteiger partial charge in [-0.25, -0.2) is 9.97 Å². The van der Waals surface area contributed by atoms with Crippen molar-refractivity contribution in [3.8, 4) is 0 Å². The number of nitrogens with one attached hydrogen (secondary N) is 2. The van der Waals surface area contributed by atoms with E-state index in [1.54, 1.807) is 7.11 Å². The van der Waals surface area contributed by atoms with Gasteiger partial charge in [0.25, 0.3) is 0 Å². The van der Waals surface area contributed by atoms with Gasteiger partial charge in [0.15, 0.2) is 0 Å². The number of anilines is 2. The average Bonchev–Trinajstić information content (AvgIpc) is 2.37. The maximum Gasteiger partial charge on any atom is 0.134 e. The first-order valence-electron chi connectivity index (χ1n) is 6.21. The summed E-state index contributed by atoms with van der Waals surface area (Å²) in [6.07, 6.45) is 1.80. The molecule has 102 valence electrons. The molecule has 1 atom stereocenters. The number of aromatic nitrogens is 2. The maximum atomic E-state index is 9.60. The van der Waals surface area contributed by atoms with E-state index in [-0.39, 0.29) is 0 Å². The lowest BCUT2D eigenvalue weighted by atomic mass is 10.2. The molecule has 0 amide bonds. The molecule has 1 heterocycles. The van der Waals surface area contributed by atoms with Crippen LogP contribution in [0.3, 0.4) is 0 Å². The SMILES string of the molecule is CCNc1ncnc(NCC(O)COC)c1CC. The van der Waals surface area contributed by atoms with E-state index in [9.17, 15) is 5.11 Å². The number of aliphatic hydroxyl groups excluding tert-OH is 1. The van der Waals surface area contributed by atoms with Gasteiger partial charge in [0.05, 0.1) is 12.7 Å². The van der Waals surface area contributed by atoms with Crippen molar-refractivity contribution in [2.24, 2.45) is 0 Å². The molecule has 6 nitrogen and oxygen atoms in total. The van der Waals surface area contributed by atoms with E-state index < -0.39 is 6.10 Å². The van der Waals surface area contributed by atoms with Crippen molar-refractivity contribution in [2.45, 2.75) is 26.4 Å². The lowest BCUT2D eigenvalue weighted by Crippen LogP contribution is -2.25. The predicted octanol–water partition coefficient (Wildman–Crippen LogP) is 0.890. The van der Waals surface area contributed by atoms with Crippen LogP contribution >= 0.6 is 0 Å². The van der Waals surface area contributed by atoms with Crippen LogP contribution in [0.1, 0.15) is 19.4 Å². The molecule has 18 heavy (non-hydrogen) atoms. The summed E-state index contributed by atoms with van der Waals surface area (Å²) < 4.78 is 4.88. The Bertz CT molecular complexity index is 360. The molecule has 0 aromatic carbocycles. The normalized spacial score (nSPS) is 12.2. The summed E-state index contributed by atoms with van der Waals surface area (Å²) in [7, 11) is 1.56. The van der Waals surface area contributed by atoms with Gasteiger partial charge in [-0.2, -0.15) is 0 Å². The Hall–Kier alpha value is -1.40. The largest absolute Gasteiger partial charge is 0.389 e. The summed E-state index contributed by atoms with van der Waals surface area (Å²) in [6, 6.07) is 0. The van der Waals surface area contributed by atoms with Crippen LogP contribution in [0.5, 0.6) is 0 Å². The van der Waals surface area contributed by atoms with Crippen molar-refractivity contribution in [1.29, 1.82) is 0 Å². The summed E-state index contributed by atoms with van der Waals surface area (Å²) in [4.78, 5) is 8.42. The third kappa shape index (κ3) is 4.12. The molecule has 1 aromatic heterocycles. The summed E-state index contributed by atoms with van der Waals surface area (Å²) in [5.41, 5.74) is 1.03. The minimum atomic E-state index is -0.544. The topological polar surface area (TPSA) is 79.3 Å². The number of ether oxygens (including phenoxy) is 1. The van der Waals surface area contributed by atoms with Gasteiger partial charge in [-0.3, -0.25) is 0 Å². The molecule has 0 aliphatic heterocycles. The summed E-state index contributed by atoms with van der Waals surface area (Å²) in [6.45, 7) is 5.60. The van der Waals surface area contributed by atoms with E-state index in [0.29, 0.717) is 13.2 Å². The second-order valence-corrected chi connectivity index (χ2v) is 3.92. The summed E-state index contributed by atoms with van der Waals surface area (Å²) in [5.74, 6) is 1.61. The highest BCUT2D eigenvalue weighted by Gasteiger charge is 2.10. The van der Waals surface area contributed by atoms with Crippen LogP contribution in [0.2, 0.25) is 0 Å². The Kier molecular flexibility index (Phi) is 6.38. The molecule has 0 aliphatic rings. The van der Waals surface area contributed by atoms with Crippen molar-refractivity contribution >= 4 is 11.6 Å². The van der Waals surface area contributed by atoms with E-state index >= 15 is 0 Å². The smallest absolute Gasteiger partial charge is 0.134 e. The second-order valence-electron chi connectivity index (χ2n) is 3.92. The van der Waals surface area contributed by atoms with Gasteiger partial charge in [0.2, 0.25) is 0 Å². The number of hydrogen-bond acceptors (Lipinski definition) is 6. The molecule has 6 heteroatoms. The van der Waals surface area contributed by atoms with Crippen molar-refractivity contribution in [3.05, 3.63) is 11.9 Å². The molecule has 0 spiro atoms. The predicted molar refractivity (Wildman–Crippen MR) is 71.9 cm³/mol. The van der Waals surface area contributed by atoms with Gasteiger partial charge in [-0.05, 0) is 13.3 Å². The molecule has 1 aromatic rings.